The highest BCUT2D eigenvalue weighted by Gasteiger charge is 2.12. The van der Waals surface area contributed by atoms with Crippen LogP contribution in [0.2, 0.25) is 0 Å². The van der Waals surface area contributed by atoms with E-state index in [1.807, 2.05) is 18.0 Å². The molecule has 0 saturated carbocycles. The summed E-state index contributed by atoms with van der Waals surface area (Å²) in [7, 11) is 3.16. The van der Waals surface area contributed by atoms with Crippen LogP contribution >= 0.6 is 15.9 Å². The molecule has 0 fully saturated rings. The van der Waals surface area contributed by atoms with Crippen molar-refractivity contribution in [3.05, 3.63) is 63.9 Å². The number of halogens is 2. The Kier molecular flexibility index (Phi) is 4.96. The third-order valence-electron chi connectivity index (χ3n) is 3.15. The number of para-hydroxylation sites is 1. The molecular formula is C16H15BrFNO2. The van der Waals surface area contributed by atoms with Crippen LogP contribution in [0.25, 0.3) is 0 Å². The summed E-state index contributed by atoms with van der Waals surface area (Å²) in [4.78, 5) is 13.3. The van der Waals surface area contributed by atoms with Gasteiger partial charge in [0.25, 0.3) is 0 Å². The van der Waals surface area contributed by atoms with E-state index in [2.05, 4.69) is 20.7 Å². The zero-order valence-electron chi connectivity index (χ0n) is 11.8. The van der Waals surface area contributed by atoms with Gasteiger partial charge in [-0.15, -0.1) is 0 Å². The van der Waals surface area contributed by atoms with Crippen LogP contribution < -0.4 is 4.90 Å². The van der Waals surface area contributed by atoms with Crippen molar-refractivity contribution < 1.29 is 13.9 Å². The number of carbonyl (C=O) groups excluding carboxylic acids is 1. The molecule has 0 aromatic heterocycles. The summed E-state index contributed by atoms with van der Waals surface area (Å²) >= 11 is 3.44. The number of benzene rings is 2. The molecule has 3 nitrogen and oxygen atoms in total. The van der Waals surface area contributed by atoms with Crippen LogP contribution in [-0.4, -0.2) is 20.1 Å². The highest BCUT2D eigenvalue weighted by molar-refractivity contribution is 9.10. The maximum Gasteiger partial charge on any atom is 0.337 e. The molecule has 0 spiro atoms. The van der Waals surface area contributed by atoms with E-state index in [1.165, 1.54) is 13.2 Å². The van der Waals surface area contributed by atoms with Crippen LogP contribution in [0.4, 0.5) is 10.1 Å². The van der Waals surface area contributed by atoms with Crippen molar-refractivity contribution in [1.29, 1.82) is 0 Å². The predicted molar refractivity (Wildman–Crippen MR) is 84.0 cm³/mol. The molecule has 2 rings (SSSR count). The topological polar surface area (TPSA) is 29.5 Å². The summed E-state index contributed by atoms with van der Waals surface area (Å²) in [5.74, 6) is -0.646. The number of esters is 1. The molecule has 0 radical (unpaired) electrons. The van der Waals surface area contributed by atoms with E-state index in [-0.39, 0.29) is 11.8 Å². The van der Waals surface area contributed by atoms with Gasteiger partial charge in [0.05, 0.1) is 18.4 Å². The molecule has 0 saturated heterocycles. The van der Waals surface area contributed by atoms with Gasteiger partial charge in [0.2, 0.25) is 0 Å². The van der Waals surface area contributed by atoms with Crippen molar-refractivity contribution >= 4 is 27.6 Å². The number of hydrogen-bond acceptors (Lipinski definition) is 3. The zero-order valence-corrected chi connectivity index (χ0v) is 13.4. The lowest BCUT2D eigenvalue weighted by Crippen LogP contribution is -2.18. The number of anilines is 1. The fourth-order valence-corrected chi connectivity index (χ4v) is 2.53. The smallest absolute Gasteiger partial charge is 0.337 e. The monoisotopic (exact) mass is 351 g/mol. The van der Waals surface area contributed by atoms with Gasteiger partial charge >= 0.3 is 5.97 Å². The minimum Gasteiger partial charge on any atom is -0.465 e. The van der Waals surface area contributed by atoms with Crippen molar-refractivity contribution in [3.63, 3.8) is 0 Å². The molecule has 5 heteroatoms. The normalized spacial score (nSPS) is 10.3. The summed E-state index contributed by atoms with van der Waals surface area (Å²) < 4.78 is 19.2. The molecule has 2 aromatic carbocycles. The predicted octanol–water partition coefficient (Wildman–Crippen LogP) is 4.01. The lowest BCUT2D eigenvalue weighted by molar-refractivity contribution is 0.0600. The number of hydrogen-bond donors (Lipinski definition) is 0. The van der Waals surface area contributed by atoms with E-state index in [1.54, 1.807) is 30.3 Å². The van der Waals surface area contributed by atoms with Crippen LogP contribution in [0.15, 0.2) is 46.9 Å². The second-order valence-electron chi connectivity index (χ2n) is 4.61. The molecule has 0 amide bonds. The third kappa shape index (κ3) is 3.61. The number of methoxy groups -OCH3 is 1. The third-order valence-corrected chi connectivity index (χ3v) is 3.88. The first kappa shape index (κ1) is 15.5. The fraction of sp³-hybridized carbons (Fsp3) is 0.188. The summed E-state index contributed by atoms with van der Waals surface area (Å²) in [6.45, 7) is 0.517. The van der Waals surface area contributed by atoms with Crippen molar-refractivity contribution in [2.24, 2.45) is 0 Å². The molecule has 0 bridgehead atoms. The Bertz CT molecular complexity index is 660. The zero-order chi connectivity index (χ0) is 15.4. The van der Waals surface area contributed by atoms with Gasteiger partial charge in [-0.05, 0) is 29.8 Å². The number of nitrogens with zero attached hydrogens (tertiary/aromatic N) is 1. The van der Waals surface area contributed by atoms with Crippen molar-refractivity contribution in [3.8, 4) is 0 Å². The lowest BCUT2D eigenvalue weighted by atomic mass is 10.1. The minimum absolute atomic E-state index is 0.262. The van der Waals surface area contributed by atoms with E-state index >= 15 is 0 Å². The van der Waals surface area contributed by atoms with Gasteiger partial charge in [-0.3, -0.25) is 0 Å². The largest absolute Gasteiger partial charge is 0.465 e. The quantitative estimate of drug-likeness (QED) is 0.779. The first-order chi connectivity index (χ1) is 10.0. The maximum absolute atomic E-state index is 13.7. The minimum atomic E-state index is -0.385. The van der Waals surface area contributed by atoms with Crippen LogP contribution in [0.3, 0.4) is 0 Å². The molecule has 110 valence electrons. The van der Waals surface area contributed by atoms with Crippen LogP contribution in [0.5, 0.6) is 0 Å². The molecule has 0 aliphatic heterocycles. The second-order valence-corrected chi connectivity index (χ2v) is 5.46. The molecule has 21 heavy (non-hydrogen) atoms. The Hall–Kier alpha value is -1.88. The molecule has 2 aromatic rings. The Morgan fingerprint density at radius 1 is 1.29 bits per heavy atom. The Balaban J connectivity index is 2.20. The van der Waals surface area contributed by atoms with E-state index in [4.69, 9.17) is 0 Å². The fourth-order valence-electron chi connectivity index (χ4n) is 2.02. The maximum atomic E-state index is 13.7. The van der Waals surface area contributed by atoms with Crippen LogP contribution in [0.1, 0.15) is 15.9 Å². The molecule has 0 aliphatic rings. The number of ether oxygens (including phenoxy) is 1. The van der Waals surface area contributed by atoms with E-state index in [0.29, 0.717) is 17.8 Å². The highest BCUT2D eigenvalue weighted by Crippen LogP contribution is 2.24. The summed E-state index contributed by atoms with van der Waals surface area (Å²) in [6, 6.07) is 11.8. The van der Waals surface area contributed by atoms with Gasteiger partial charge < -0.3 is 9.64 Å². The molecule has 0 unspecified atom stereocenters. The highest BCUT2D eigenvalue weighted by atomic mass is 79.9. The Morgan fingerprint density at radius 2 is 2.00 bits per heavy atom. The van der Waals surface area contributed by atoms with Gasteiger partial charge in [-0.2, -0.15) is 0 Å². The number of carbonyl (C=O) groups is 1. The van der Waals surface area contributed by atoms with E-state index < -0.39 is 0 Å². The van der Waals surface area contributed by atoms with Crippen molar-refractivity contribution in [2.45, 2.75) is 6.54 Å². The van der Waals surface area contributed by atoms with Crippen molar-refractivity contribution in [2.75, 3.05) is 19.1 Å². The first-order valence-corrected chi connectivity index (χ1v) is 7.14. The Morgan fingerprint density at radius 3 is 2.62 bits per heavy atom. The van der Waals surface area contributed by atoms with Crippen LogP contribution in [0, 0.1) is 5.82 Å². The lowest BCUT2D eigenvalue weighted by Gasteiger charge is -2.20. The van der Waals surface area contributed by atoms with E-state index in [0.717, 1.165) is 10.0 Å². The van der Waals surface area contributed by atoms with Crippen LogP contribution in [-0.2, 0) is 11.3 Å². The average Bonchev–Trinajstić information content (AvgIpc) is 2.48. The summed E-state index contributed by atoms with van der Waals surface area (Å²) in [5, 5.41) is 0. The average molecular weight is 352 g/mol. The molecule has 0 aliphatic carbocycles. The van der Waals surface area contributed by atoms with Gasteiger partial charge in [0, 0.05) is 18.1 Å². The van der Waals surface area contributed by atoms with Gasteiger partial charge in [-0.1, -0.05) is 34.1 Å². The number of rotatable bonds is 4. The van der Waals surface area contributed by atoms with Crippen molar-refractivity contribution in [1.82, 2.24) is 0 Å². The van der Waals surface area contributed by atoms with Gasteiger partial charge in [-0.25, -0.2) is 9.18 Å². The Labute approximate surface area is 131 Å². The van der Waals surface area contributed by atoms with E-state index in [9.17, 15) is 9.18 Å². The molecule has 0 N–H and O–H groups in total. The SMILES string of the molecule is COC(=O)c1ccc(CN(C)c2ccccc2F)c(Br)c1. The standard InChI is InChI=1S/C16H15BrFNO2/c1-19(15-6-4-3-5-14(15)18)10-12-8-7-11(9-13(12)17)16(20)21-2/h3-9H,10H2,1-2H3. The molecular weight excluding hydrogens is 337 g/mol. The molecule has 0 atom stereocenters. The van der Waals surface area contributed by atoms with Gasteiger partial charge in [0.15, 0.2) is 0 Å². The summed E-state index contributed by atoms with van der Waals surface area (Å²) in [6.07, 6.45) is 0. The first-order valence-electron chi connectivity index (χ1n) is 6.35. The second kappa shape index (κ2) is 6.72. The molecule has 0 heterocycles. The summed E-state index contributed by atoms with van der Waals surface area (Å²) in [5.41, 5.74) is 1.96. The van der Waals surface area contributed by atoms with Gasteiger partial charge in [0.1, 0.15) is 5.82 Å².